The summed E-state index contributed by atoms with van der Waals surface area (Å²) in [5.74, 6) is 0.552. The maximum Gasteiger partial charge on any atom is 0.331 e. The Hall–Kier alpha value is -3.92. The third-order valence-corrected chi connectivity index (χ3v) is 9.17. The molecule has 4 aromatic rings. The highest BCUT2D eigenvalue weighted by Gasteiger charge is 2.58. The number of rotatable bonds is 8. The van der Waals surface area contributed by atoms with Crippen LogP contribution in [0, 0.1) is 5.41 Å². The van der Waals surface area contributed by atoms with Crippen molar-refractivity contribution in [1.29, 1.82) is 0 Å². The number of carbonyl (C=O) groups excluding carboxylic acids is 2. The Labute approximate surface area is 253 Å². The maximum atomic E-state index is 13.1. The second-order valence-electron chi connectivity index (χ2n) is 10.9. The van der Waals surface area contributed by atoms with Crippen molar-refractivity contribution in [3.05, 3.63) is 66.6 Å². The molecule has 42 heavy (non-hydrogen) atoms. The summed E-state index contributed by atoms with van der Waals surface area (Å²) in [5, 5.41) is 3.13. The van der Waals surface area contributed by atoms with Crippen LogP contribution in [0.15, 0.2) is 66.0 Å². The molecule has 0 aliphatic heterocycles. The first-order valence-electron chi connectivity index (χ1n) is 14.4. The van der Waals surface area contributed by atoms with Crippen LogP contribution >= 0.6 is 15.9 Å². The van der Waals surface area contributed by atoms with Crippen LogP contribution in [0.2, 0.25) is 0 Å². The molecule has 216 valence electrons. The monoisotopic (exact) mass is 628 g/mol. The molecule has 3 aromatic heterocycles. The Morgan fingerprint density at radius 2 is 1.98 bits per heavy atom. The molecule has 2 fully saturated rings. The standard InChI is InChI=1S/C32H33BrN6O3/c1-3-42-31(41)25(37-27-26(33)28(40)32(27)13-5-4-6-14-32)16-20-9-11-23(12-10-20)39-29(21-17-22(34-2)19-35-18-21)38-24-8-7-15-36-30(24)39/h7-12,15,17-19,25-26,34H,3-6,13-14,16H2,1-2H3/t25-,26?/m0/s1. The van der Waals surface area contributed by atoms with Gasteiger partial charge in [-0.1, -0.05) is 47.3 Å². The molecule has 2 saturated carbocycles. The minimum absolute atomic E-state index is 0.195. The number of Topliss-reactive ketones (excluding diaryl/α,β-unsaturated/α-hetero) is 1. The van der Waals surface area contributed by atoms with Crippen LogP contribution in [-0.2, 0) is 20.7 Å². The van der Waals surface area contributed by atoms with E-state index in [0.29, 0.717) is 6.42 Å². The van der Waals surface area contributed by atoms with Crippen molar-refractivity contribution in [2.45, 2.75) is 56.3 Å². The Bertz CT molecular complexity index is 1660. The number of alkyl halides is 1. The van der Waals surface area contributed by atoms with Crippen LogP contribution in [0.1, 0.15) is 44.6 Å². The van der Waals surface area contributed by atoms with E-state index in [2.05, 4.69) is 31.2 Å². The number of hydrogen-bond donors (Lipinski definition) is 1. The zero-order chi connectivity index (χ0) is 29.3. The Morgan fingerprint density at radius 3 is 2.71 bits per heavy atom. The molecule has 0 amide bonds. The quantitative estimate of drug-likeness (QED) is 0.196. The predicted molar refractivity (Wildman–Crippen MR) is 166 cm³/mol. The largest absolute Gasteiger partial charge is 0.464 e. The second-order valence-corrected chi connectivity index (χ2v) is 11.8. The number of pyridine rings is 2. The van der Waals surface area contributed by atoms with E-state index in [1.807, 2.05) is 54.1 Å². The molecule has 2 aliphatic rings. The molecular weight excluding hydrogens is 596 g/mol. The number of nitrogens with zero attached hydrogens (tertiary/aromatic N) is 5. The van der Waals surface area contributed by atoms with E-state index in [-0.39, 0.29) is 18.4 Å². The smallest absolute Gasteiger partial charge is 0.331 e. The van der Waals surface area contributed by atoms with Gasteiger partial charge in [-0.25, -0.2) is 14.8 Å². The van der Waals surface area contributed by atoms with E-state index in [4.69, 9.17) is 14.7 Å². The average Bonchev–Trinajstić information content (AvgIpc) is 3.43. The lowest BCUT2D eigenvalue weighted by atomic mass is 9.58. The summed E-state index contributed by atoms with van der Waals surface area (Å²) in [6.45, 7) is 2.07. The van der Waals surface area contributed by atoms with E-state index < -0.39 is 16.3 Å². The van der Waals surface area contributed by atoms with Crippen LogP contribution in [0.25, 0.3) is 28.2 Å². The first-order chi connectivity index (χ1) is 20.4. The number of halogens is 1. The van der Waals surface area contributed by atoms with E-state index in [1.54, 1.807) is 25.5 Å². The van der Waals surface area contributed by atoms with Crippen LogP contribution in [0.5, 0.6) is 0 Å². The number of benzene rings is 1. The molecular formula is C32H33BrN6O3. The summed E-state index contributed by atoms with van der Waals surface area (Å²) in [5.41, 5.74) is 5.37. The molecule has 0 bridgehead atoms. The SMILES string of the molecule is CCOC(=O)[C@H](Cc1ccc(-n2c(-c3cncc(NC)c3)nc3cccnc32)cc1)N=C1C(Br)C(=O)C12CCCCC2. The lowest BCUT2D eigenvalue weighted by Gasteiger charge is -2.47. The minimum Gasteiger partial charge on any atom is -0.464 e. The third-order valence-electron chi connectivity index (χ3n) is 8.32. The summed E-state index contributed by atoms with van der Waals surface area (Å²) in [7, 11) is 1.86. The van der Waals surface area contributed by atoms with Crippen molar-refractivity contribution in [2.24, 2.45) is 10.4 Å². The van der Waals surface area contributed by atoms with Crippen LogP contribution in [-0.4, -0.2) is 61.5 Å². The van der Waals surface area contributed by atoms with Gasteiger partial charge in [0.2, 0.25) is 0 Å². The second kappa shape index (κ2) is 11.8. The zero-order valence-electron chi connectivity index (χ0n) is 23.7. The Kier molecular flexibility index (Phi) is 7.90. The van der Waals surface area contributed by atoms with Gasteiger partial charge in [0.15, 0.2) is 17.5 Å². The number of esters is 1. The summed E-state index contributed by atoms with van der Waals surface area (Å²) in [6, 6.07) is 13.1. The molecule has 9 nitrogen and oxygen atoms in total. The molecule has 1 N–H and O–H groups in total. The fourth-order valence-corrected chi connectivity index (χ4v) is 7.14. The molecule has 10 heteroatoms. The fourth-order valence-electron chi connectivity index (χ4n) is 6.15. The number of ether oxygens (including phenoxy) is 1. The van der Waals surface area contributed by atoms with E-state index in [1.165, 1.54) is 0 Å². The highest BCUT2D eigenvalue weighted by atomic mass is 79.9. The molecule has 1 unspecified atom stereocenters. The van der Waals surface area contributed by atoms with Crippen molar-refractivity contribution < 1.29 is 14.3 Å². The molecule has 2 aliphatic carbocycles. The van der Waals surface area contributed by atoms with E-state index >= 15 is 0 Å². The first-order valence-corrected chi connectivity index (χ1v) is 15.4. The van der Waals surface area contributed by atoms with E-state index in [9.17, 15) is 9.59 Å². The highest BCUT2D eigenvalue weighted by molar-refractivity contribution is 9.10. The molecule has 1 spiro atoms. The van der Waals surface area contributed by atoms with Gasteiger partial charge in [-0.15, -0.1) is 0 Å². The van der Waals surface area contributed by atoms with Gasteiger partial charge in [0.25, 0.3) is 0 Å². The van der Waals surface area contributed by atoms with Gasteiger partial charge in [0.05, 0.1) is 17.7 Å². The number of fused-ring (bicyclic) bond motifs is 1. The van der Waals surface area contributed by atoms with Gasteiger partial charge in [-0.3, -0.25) is 19.3 Å². The van der Waals surface area contributed by atoms with Crippen molar-refractivity contribution in [3.8, 4) is 17.1 Å². The lowest BCUT2D eigenvalue weighted by Crippen LogP contribution is -2.61. The van der Waals surface area contributed by atoms with Gasteiger partial charge < -0.3 is 10.1 Å². The van der Waals surface area contributed by atoms with E-state index in [0.717, 1.165) is 77.3 Å². The molecule has 2 atom stereocenters. The number of nitrogens with one attached hydrogen (secondary N) is 1. The number of anilines is 1. The van der Waals surface area contributed by atoms with Crippen molar-refractivity contribution in [1.82, 2.24) is 19.5 Å². The number of hydrogen-bond acceptors (Lipinski definition) is 8. The average molecular weight is 630 g/mol. The summed E-state index contributed by atoms with van der Waals surface area (Å²) >= 11 is 3.54. The number of ketones is 1. The number of imidazole rings is 1. The van der Waals surface area contributed by atoms with Crippen LogP contribution < -0.4 is 5.32 Å². The van der Waals surface area contributed by atoms with Crippen molar-refractivity contribution >= 4 is 50.2 Å². The molecule has 1 aromatic carbocycles. The number of aliphatic imine (C=N–C) groups is 1. The normalized spacial score (nSPS) is 19.5. The topological polar surface area (TPSA) is 111 Å². The van der Waals surface area contributed by atoms with Gasteiger partial charge >= 0.3 is 5.97 Å². The van der Waals surface area contributed by atoms with Crippen molar-refractivity contribution in [3.63, 3.8) is 0 Å². The lowest BCUT2D eigenvalue weighted by molar-refractivity contribution is -0.144. The summed E-state index contributed by atoms with van der Waals surface area (Å²) < 4.78 is 7.43. The van der Waals surface area contributed by atoms with Gasteiger partial charge in [-0.2, -0.15) is 0 Å². The third kappa shape index (κ3) is 5.02. The minimum atomic E-state index is -0.723. The Morgan fingerprint density at radius 1 is 1.19 bits per heavy atom. The zero-order valence-corrected chi connectivity index (χ0v) is 25.3. The van der Waals surface area contributed by atoms with Gasteiger partial charge in [0, 0.05) is 49.0 Å². The van der Waals surface area contributed by atoms with Gasteiger partial charge in [0.1, 0.15) is 16.2 Å². The van der Waals surface area contributed by atoms with Crippen LogP contribution in [0.4, 0.5) is 5.69 Å². The summed E-state index contributed by atoms with van der Waals surface area (Å²) in [6.07, 6.45) is 10.4. The van der Waals surface area contributed by atoms with Gasteiger partial charge in [-0.05, 0) is 55.7 Å². The molecule has 3 heterocycles. The van der Waals surface area contributed by atoms with Crippen LogP contribution in [0.3, 0.4) is 0 Å². The summed E-state index contributed by atoms with van der Waals surface area (Å²) in [4.78, 5) is 44.4. The maximum absolute atomic E-state index is 13.1. The van der Waals surface area contributed by atoms with Crippen molar-refractivity contribution in [2.75, 3.05) is 19.0 Å². The predicted octanol–water partition coefficient (Wildman–Crippen LogP) is 5.74. The highest BCUT2D eigenvalue weighted by Crippen LogP contribution is 2.49. The Balaban J connectivity index is 1.33. The molecule has 0 saturated heterocycles. The number of aromatic nitrogens is 4. The first kappa shape index (κ1) is 28.2. The fraction of sp³-hybridized carbons (Fsp3) is 0.375. The molecule has 0 radical (unpaired) electrons. The molecule has 6 rings (SSSR count). The number of carbonyl (C=O) groups is 2.